The van der Waals surface area contributed by atoms with E-state index in [2.05, 4.69) is 17.6 Å². The van der Waals surface area contributed by atoms with E-state index in [4.69, 9.17) is 0 Å². The molecule has 112 valence electrons. The van der Waals surface area contributed by atoms with Crippen LogP contribution in [0.1, 0.15) is 29.3 Å². The Bertz CT molecular complexity index is 496. The lowest BCUT2D eigenvalue weighted by atomic mass is 9.94. The molecule has 2 atom stereocenters. The Hall–Kier alpha value is -1.20. The Kier molecular flexibility index (Phi) is 5.89. The van der Waals surface area contributed by atoms with E-state index in [1.54, 1.807) is 0 Å². The van der Waals surface area contributed by atoms with Crippen LogP contribution in [0.5, 0.6) is 0 Å². The standard InChI is InChI=1S/C14H18F2N2O.ClH/c1-8-3-4-17-7-13(8)18-14(19)10-5-9(2)11(15)6-12(10)16;/h5-6,8,13,17H,3-4,7H2,1-2H3,(H,18,19);1H. The lowest BCUT2D eigenvalue weighted by Gasteiger charge is -2.30. The number of aryl methyl sites for hydroxylation is 1. The van der Waals surface area contributed by atoms with E-state index in [1.165, 1.54) is 13.0 Å². The lowest BCUT2D eigenvalue weighted by molar-refractivity contribution is 0.0911. The minimum Gasteiger partial charge on any atom is -0.348 e. The summed E-state index contributed by atoms with van der Waals surface area (Å²) >= 11 is 0. The van der Waals surface area contributed by atoms with E-state index in [0.717, 1.165) is 19.0 Å². The minimum absolute atomic E-state index is 0. The molecule has 1 saturated heterocycles. The summed E-state index contributed by atoms with van der Waals surface area (Å²) in [6.07, 6.45) is 0.968. The fraction of sp³-hybridized carbons (Fsp3) is 0.500. The number of rotatable bonds is 2. The van der Waals surface area contributed by atoms with Gasteiger partial charge in [0, 0.05) is 18.7 Å². The SMILES string of the molecule is Cc1cc(C(=O)NC2CNCCC2C)c(F)cc1F.Cl. The summed E-state index contributed by atoms with van der Waals surface area (Å²) < 4.78 is 26.8. The maximum atomic E-state index is 13.6. The maximum Gasteiger partial charge on any atom is 0.254 e. The normalized spacial score (nSPS) is 22.0. The highest BCUT2D eigenvalue weighted by atomic mass is 35.5. The van der Waals surface area contributed by atoms with Crippen LogP contribution in [0.15, 0.2) is 12.1 Å². The van der Waals surface area contributed by atoms with Crippen molar-refractivity contribution in [3.8, 4) is 0 Å². The first-order chi connectivity index (χ1) is 8.99. The van der Waals surface area contributed by atoms with Crippen molar-refractivity contribution in [3.05, 3.63) is 34.9 Å². The van der Waals surface area contributed by atoms with Gasteiger partial charge in [0.05, 0.1) is 5.56 Å². The molecule has 1 amide bonds. The zero-order valence-electron chi connectivity index (χ0n) is 11.5. The topological polar surface area (TPSA) is 41.1 Å². The number of carbonyl (C=O) groups is 1. The largest absolute Gasteiger partial charge is 0.348 e. The van der Waals surface area contributed by atoms with Gasteiger partial charge in [-0.3, -0.25) is 4.79 Å². The van der Waals surface area contributed by atoms with E-state index in [1.807, 2.05) is 0 Å². The molecule has 1 aliphatic heterocycles. The Labute approximate surface area is 123 Å². The Morgan fingerprint density at radius 3 is 2.70 bits per heavy atom. The van der Waals surface area contributed by atoms with Crippen molar-refractivity contribution in [2.75, 3.05) is 13.1 Å². The van der Waals surface area contributed by atoms with Crippen LogP contribution >= 0.6 is 12.4 Å². The Balaban J connectivity index is 0.00000200. The summed E-state index contributed by atoms with van der Waals surface area (Å²) in [6, 6.07) is 1.99. The zero-order chi connectivity index (χ0) is 14.0. The van der Waals surface area contributed by atoms with Crippen LogP contribution in [-0.2, 0) is 0 Å². The average molecular weight is 305 g/mol. The molecule has 20 heavy (non-hydrogen) atoms. The van der Waals surface area contributed by atoms with Gasteiger partial charge in [0.25, 0.3) is 5.91 Å². The molecule has 1 fully saturated rings. The first kappa shape index (κ1) is 16.9. The van der Waals surface area contributed by atoms with Crippen molar-refractivity contribution in [2.24, 2.45) is 5.92 Å². The monoisotopic (exact) mass is 304 g/mol. The van der Waals surface area contributed by atoms with E-state index in [9.17, 15) is 13.6 Å². The number of nitrogens with one attached hydrogen (secondary N) is 2. The van der Waals surface area contributed by atoms with Crippen LogP contribution in [0, 0.1) is 24.5 Å². The second-order valence-electron chi connectivity index (χ2n) is 5.13. The molecular formula is C14H19ClF2N2O. The smallest absolute Gasteiger partial charge is 0.254 e. The maximum absolute atomic E-state index is 13.6. The third-order valence-corrected chi connectivity index (χ3v) is 3.64. The molecular weight excluding hydrogens is 286 g/mol. The minimum atomic E-state index is -0.822. The van der Waals surface area contributed by atoms with E-state index in [-0.39, 0.29) is 29.6 Å². The number of amides is 1. The highest BCUT2D eigenvalue weighted by Gasteiger charge is 2.24. The van der Waals surface area contributed by atoms with Crippen molar-refractivity contribution in [1.82, 2.24) is 10.6 Å². The summed E-state index contributed by atoms with van der Waals surface area (Å²) in [5.41, 5.74) is 0.165. The summed E-state index contributed by atoms with van der Waals surface area (Å²) in [5.74, 6) is -1.60. The summed E-state index contributed by atoms with van der Waals surface area (Å²) in [7, 11) is 0. The highest BCUT2D eigenvalue weighted by molar-refractivity contribution is 5.94. The van der Waals surface area contributed by atoms with Crippen molar-refractivity contribution in [2.45, 2.75) is 26.3 Å². The molecule has 1 aromatic carbocycles. The van der Waals surface area contributed by atoms with Crippen LogP contribution in [0.2, 0.25) is 0 Å². The predicted molar refractivity (Wildman–Crippen MR) is 76.2 cm³/mol. The van der Waals surface area contributed by atoms with Crippen LogP contribution in [0.25, 0.3) is 0 Å². The second kappa shape index (κ2) is 6.99. The molecule has 2 N–H and O–H groups in total. The van der Waals surface area contributed by atoms with Crippen molar-refractivity contribution in [1.29, 1.82) is 0 Å². The van der Waals surface area contributed by atoms with Crippen molar-refractivity contribution in [3.63, 3.8) is 0 Å². The molecule has 1 heterocycles. The van der Waals surface area contributed by atoms with Gasteiger partial charge in [0.15, 0.2) is 0 Å². The highest BCUT2D eigenvalue weighted by Crippen LogP contribution is 2.16. The van der Waals surface area contributed by atoms with Gasteiger partial charge in [0.1, 0.15) is 11.6 Å². The molecule has 2 rings (SSSR count). The van der Waals surface area contributed by atoms with Crippen molar-refractivity contribution >= 4 is 18.3 Å². The van der Waals surface area contributed by atoms with Gasteiger partial charge >= 0.3 is 0 Å². The zero-order valence-corrected chi connectivity index (χ0v) is 12.3. The summed E-state index contributed by atoms with van der Waals surface area (Å²) in [6.45, 7) is 5.17. The Morgan fingerprint density at radius 2 is 2.05 bits per heavy atom. The second-order valence-corrected chi connectivity index (χ2v) is 5.13. The lowest BCUT2D eigenvalue weighted by Crippen LogP contribution is -2.50. The molecule has 0 saturated carbocycles. The van der Waals surface area contributed by atoms with Gasteiger partial charge in [-0.05, 0) is 37.4 Å². The number of benzene rings is 1. The van der Waals surface area contributed by atoms with Gasteiger partial charge in [-0.25, -0.2) is 8.78 Å². The number of halogens is 3. The van der Waals surface area contributed by atoms with Gasteiger partial charge in [0.2, 0.25) is 0 Å². The number of hydrogen-bond donors (Lipinski definition) is 2. The van der Waals surface area contributed by atoms with Gasteiger partial charge in [-0.15, -0.1) is 12.4 Å². The molecule has 0 radical (unpaired) electrons. The fourth-order valence-corrected chi connectivity index (χ4v) is 2.26. The van der Waals surface area contributed by atoms with Gasteiger partial charge in [-0.2, -0.15) is 0 Å². The van der Waals surface area contributed by atoms with Crippen LogP contribution in [0.4, 0.5) is 8.78 Å². The molecule has 0 spiro atoms. The molecule has 0 aliphatic carbocycles. The third kappa shape index (κ3) is 3.67. The average Bonchev–Trinajstić information content (AvgIpc) is 2.36. The third-order valence-electron chi connectivity index (χ3n) is 3.64. The molecule has 6 heteroatoms. The molecule has 3 nitrogen and oxygen atoms in total. The van der Waals surface area contributed by atoms with E-state index >= 15 is 0 Å². The number of piperidine rings is 1. The molecule has 0 aromatic heterocycles. The fourth-order valence-electron chi connectivity index (χ4n) is 2.26. The van der Waals surface area contributed by atoms with Crippen LogP contribution in [-0.4, -0.2) is 25.0 Å². The number of hydrogen-bond acceptors (Lipinski definition) is 2. The van der Waals surface area contributed by atoms with E-state index in [0.29, 0.717) is 12.5 Å². The van der Waals surface area contributed by atoms with Crippen LogP contribution < -0.4 is 10.6 Å². The molecule has 1 aliphatic rings. The Morgan fingerprint density at radius 1 is 1.35 bits per heavy atom. The molecule has 0 bridgehead atoms. The quantitative estimate of drug-likeness (QED) is 0.881. The molecule has 2 unspecified atom stereocenters. The van der Waals surface area contributed by atoms with Gasteiger partial charge < -0.3 is 10.6 Å². The van der Waals surface area contributed by atoms with Crippen LogP contribution in [0.3, 0.4) is 0 Å². The first-order valence-electron chi connectivity index (χ1n) is 6.46. The number of carbonyl (C=O) groups excluding carboxylic acids is 1. The van der Waals surface area contributed by atoms with E-state index < -0.39 is 17.5 Å². The van der Waals surface area contributed by atoms with Crippen molar-refractivity contribution < 1.29 is 13.6 Å². The van der Waals surface area contributed by atoms with Gasteiger partial charge in [-0.1, -0.05) is 6.92 Å². The molecule has 1 aromatic rings. The summed E-state index contributed by atoms with van der Waals surface area (Å²) in [5, 5.41) is 6.00. The summed E-state index contributed by atoms with van der Waals surface area (Å²) in [4.78, 5) is 12.0. The first-order valence-corrected chi connectivity index (χ1v) is 6.46. The predicted octanol–water partition coefficient (Wildman–Crippen LogP) is 2.42.